The molecule has 0 aliphatic rings. The van der Waals surface area contributed by atoms with Crippen LogP contribution >= 0.6 is 0 Å². The smallest absolute Gasteiger partial charge is 0.170 e. The fourth-order valence-corrected chi connectivity index (χ4v) is 2.06. The Morgan fingerprint density at radius 3 is 2.71 bits per heavy atom. The first-order valence-electron chi connectivity index (χ1n) is 5.76. The summed E-state index contributed by atoms with van der Waals surface area (Å²) in [4.78, 5) is 0. The van der Waals surface area contributed by atoms with E-state index in [-0.39, 0.29) is 0 Å². The van der Waals surface area contributed by atoms with Crippen LogP contribution in [0.25, 0.3) is 11.0 Å². The number of furan rings is 1. The van der Waals surface area contributed by atoms with Gasteiger partial charge in [-0.3, -0.25) is 0 Å². The van der Waals surface area contributed by atoms with Crippen molar-refractivity contribution in [2.24, 2.45) is 0 Å². The first-order valence-corrected chi connectivity index (χ1v) is 5.76. The summed E-state index contributed by atoms with van der Waals surface area (Å²) >= 11 is 0. The van der Waals surface area contributed by atoms with Gasteiger partial charge in [-0.25, -0.2) is 0 Å². The van der Waals surface area contributed by atoms with E-state index in [1.165, 1.54) is 16.7 Å². The molecule has 3 rings (SSSR count). The van der Waals surface area contributed by atoms with Crippen molar-refractivity contribution >= 4 is 11.0 Å². The summed E-state index contributed by atoms with van der Waals surface area (Å²) in [5.74, 6) is 0. The van der Waals surface area contributed by atoms with E-state index in [2.05, 4.69) is 49.6 Å². The predicted molar refractivity (Wildman–Crippen MR) is 69.0 cm³/mol. The van der Waals surface area contributed by atoms with E-state index in [9.17, 15) is 0 Å². The molecular formula is C16H13O. The number of benzene rings is 2. The van der Waals surface area contributed by atoms with Crippen LogP contribution in [0.4, 0.5) is 0 Å². The summed E-state index contributed by atoms with van der Waals surface area (Å²) in [5, 5.41) is 1.12. The summed E-state index contributed by atoms with van der Waals surface area (Å²) in [5.41, 5.74) is 4.76. The lowest BCUT2D eigenvalue weighted by molar-refractivity contribution is 0.602. The quantitative estimate of drug-likeness (QED) is 0.634. The van der Waals surface area contributed by atoms with Crippen LogP contribution in [0.5, 0.6) is 0 Å². The highest BCUT2D eigenvalue weighted by Gasteiger charge is 2.04. The van der Waals surface area contributed by atoms with Crippen molar-refractivity contribution in [3.63, 3.8) is 0 Å². The average Bonchev–Trinajstić information content (AvgIpc) is 2.81. The Bertz CT molecular complexity index is 632. The molecule has 17 heavy (non-hydrogen) atoms. The van der Waals surface area contributed by atoms with Gasteiger partial charge in [0, 0.05) is 11.8 Å². The summed E-state index contributed by atoms with van der Waals surface area (Å²) in [7, 11) is 0. The SMILES string of the molecule is Cc1ccc(Cc2cccc3c[c]oc23)cc1. The molecule has 1 aromatic heterocycles. The second kappa shape index (κ2) is 4.10. The van der Waals surface area contributed by atoms with Crippen LogP contribution in [0.1, 0.15) is 16.7 Å². The monoisotopic (exact) mass is 221 g/mol. The van der Waals surface area contributed by atoms with E-state index in [0.29, 0.717) is 0 Å². The lowest BCUT2D eigenvalue weighted by Gasteiger charge is -2.03. The zero-order valence-corrected chi connectivity index (χ0v) is 9.73. The molecule has 3 aromatic rings. The van der Waals surface area contributed by atoms with Crippen molar-refractivity contribution in [1.82, 2.24) is 0 Å². The van der Waals surface area contributed by atoms with Crippen LogP contribution in [0, 0.1) is 13.2 Å². The van der Waals surface area contributed by atoms with Crippen LogP contribution in [-0.4, -0.2) is 0 Å². The van der Waals surface area contributed by atoms with E-state index in [1.54, 1.807) is 0 Å². The molecule has 1 radical (unpaired) electrons. The van der Waals surface area contributed by atoms with Crippen molar-refractivity contribution in [1.29, 1.82) is 0 Å². The highest BCUT2D eigenvalue weighted by Crippen LogP contribution is 2.22. The third-order valence-corrected chi connectivity index (χ3v) is 3.02. The van der Waals surface area contributed by atoms with Crippen LogP contribution in [0.15, 0.2) is 52.9 Å². The van der Waals surface area contributed by atoms with Gasteiger partial charge < -0.3 is 4.42 Å². The summed E-state index contributed by atoms with van der Waals surface area (Å²) < 4.78 is 5.42. The highest BCUT2D eigenvalue weighted by molar-refractivity contribution is 5.80. The molecule has 0 saturated heterocycles. The molecule has 0 amide bonds. The number of aryl methyl sites for hydroxylation is 1. The Balaban J connectivity index is 1.99. The molecule has 1 nitrogen and oxygen atoms in total. The minimum atomic E-state index is 0.902. The first-order chi connectivity index (χ1) is 8.33. The maximum Gasteiger partial charge on any atom is 0.170 e. The van der Waals surface area contributed by atoms with Crippen LogP contribution < -0.4 is 0 Å². The van der Waals surface area contributed by atoms with Crippen molar-refractivity contribution < 1.29 is 4.42 Å². The van der Waals surface area contributed by atoms with Crippen molar-refractivity contribution in [2.75, 3.05) is 0 Å². The Morgan fingerprint density at radius 2 is 1.88 bits per heavy atom. The third kappa shape index (κ3) is 1.96. The normalized spacial score (nSPS) is 10.9. The van der Waals surface area contributed by atoms with E-state index in [0.717, 1.165) is 17.4 Å². The predicted octanol–water partition coefficient (Wildman–Crippen LogP) is 4.13. The molecule has 0 aliphatic heterocycles. The third-order valence-electron chi connectivity index (χ3n) is 3.02. The zero-order chi connectivity index (χ0) is 11.7. The number of hydrogen-bond acceptors (Lipinski definition) is 1. The van der Waals surface area contributed by atoms with Gasteiger partial charge in [-0.1, -0.05) is 48.0 Å². The van der Waals surface area contributed by atoms with E-state index in [4.69, 9.17) is 4.42 Å². The highest BCUT2D eigenvalue weighted by atomic mass is 16.3. The van der Waals surface area contributed by atoms with Crippen molar-refractivity contribution in [2.45, 2.75) is 13.3 Å². The molecule has 1 heteroatoms. The van der Waals surface area contributed by atoms with E-state index < -0.39 is 0 Å². The maximum absolute atomic E-state index is 5.42. The van der Waals surface area contributed by atoms with Crippen LogP contribution in [0.2, 0.25) is 0 Å². The molecule has 0 N–H and O–H groups in total. The molecular weight excluding hydrogens is 208 g/mol. The average molecular weight is 221 g/mol. The Hall–Kier alpha value is -2.02. The van der Waals surface area contributed by atoms with Gasteiger partial charge in [0.05, 0.1) is 0 Å². The largest absolute Gasteiger partial charge is 0.452 e. The van der Waals surface area contributed by atoms with Crippen molar-refractivity contribution in [3.05, 3.63) is 71.5 Å². The molecule has 0 saturated carbocycles. The van der Waals surface area contributed by atoms with Gasteiger partial charge in [0.25, 0.3) is 0 Å². The van der Waals surface area contributed by atoms with Gasteiger partial charge >= 0.3 is 0 Å². The second-order valence-electron chi connectivity index (χ2n) is 4.36. The Kier molecular flexibility index (Phi) is 2.45. The maximum atomic E-state index is 5.42. The number of fused-ring (bicyclic) bond motifs is 1. The molecule has 1 heterocycles. The Morgan fingerprint density at radius 1 is 1.06 bits per heavy atom. The van der Waals surface area contributed by atoms with Gasteiger partial charge in [-0.2, -0.15) is 0 Å². The van der Waals surface area contributed by atoms with E-state index >= 15 is 0 Å². The van der Waals surface area contributed by atoms with Gasteiger partial charge in [0.1, 0.15) is 5.58 Å². The molecule has 83 valence electrons. The lowest BCUT2D eigenvalue weighted by atomic mass is 10.0. The minimum absolute atomic E-state index is 0.902. The molecule has 0 aliphatic carbocycles. The molecule has 0 spiro atoms. The summed E-state index contributed by atoms with van der Waals surface area (Å²) in [6.07, 6.45) is 3.70. The van der Waals surface area contributed by atoms with Crippen LogP contribution in [0.3, 0.4) is 0 Å². The molecule has 0 unspecified atom stereocenters. The fourth-order valence-electron chi connectivity index (χ4n) is 2.06. The van der Waals surface area contributed by atoms with Gasteiger partial charge in [0.2, 0.25) is 0 Å². The number of para-hydroxylation sites is 1. The minimum Gasteiger partial charge on any atom is -0.452 e. The molecule has 0 atom stereocenters. The van der Waals surface area contributed by atoms with Gasteiger partial charge in [-0.15, -0.1) is 0 Å². The second-order valence-corrected chi connectivity index (χ2v) is 4.36. The van der Waals surface area contributed by atoms with E-state index in [1.807, 2.05) is 12.1 Å². The van der Waals surface area contributed by atoms with Crippen molar-refractivity contribution in [3.8, 4) is 0 Å². The summed E-state index contributed by atoms with van der Waals surface area (Å²) in [6.45, 7) is 2.10. The standard InChI is InChI=1S/C16H13O/c1-12-5-7-13(8-6-12)11-15-4-2-3-14-9-10-17-16(14)15/h2-9H,11H2,1H3. The molecule has 0 fully saturated rings. The fraction of sp³-hybridized carbons (Fsp3) is 0.125. The first kappa shape index (κ1) is 10.2. The molecule has 0 bridgehead atoms. The topological polar surface area (TPSA) is 13.1 Å². The lowest BCUT2D eigenvalue weighted by Crippen LogP contribution is -1.88. The van der Waals surface area contributed by atoms with Gasteiger partial charge in [-0.05, 0) is 24.1 Å². The number of hydrogen-bond donors (Lipinski definition) is 0. The molecule has 2 aromatic carbocycles. The van der Waals surface area contributed by atoms with Crippen LogP contribution in [-0.2, 0) is 6.42 Å². The van der Waals surface area contributed by atoms with Gasteiger partial charge in [0.15, 0.2) is 6.26 Å². The number of rotatable bonds is 2. The summed E-state index contributed by atoms with van der Waals surface area (Å²) in [6, 6.07) is 16.7. The Labute approximate surface area is 101 Å². The zero-order valence-electron chi connectivity index (χ0n) is 9.73.